The number of halogens is 1. The van der Waals surface area contributed by atoms with Crippen molar-refractivity contribution in [1.82, 2.24) is 4.90 Å². The van der Waals surface area contributed by atoms with Gasteiger partial charge in [-0.25, -0.2) is 4.39 Å². The molecule has 1 unspecified atom stereocenters. The second kappa shape index (κ2) is 8.39. The lowest BCUT2D eigenvalue weighted by atomic mass is 9.79. The summed E-state index contributed by atoms with van der Waals surface area (Å²) >= 11 is 0.919. The average Bonchev–Trinajstić information content (AvgIpc) is 2.98. The van der Waals surface area contributed by atoms with Gasteiger partial charge in [-0.15, -0.1) is 0 Å². The van der Waals surface area contributed by atoms with E-state index in [1.165, 1.54) is 17.3 Å². The van der Waals surface area contributed by atoms with Crippen molar-refractivity contribution in [1.29, 1.82) is 0 Å². The molecular weight excluding hydrogens is 423 g/mol. The van der Waals surface area contributed by atoms with Gasteiger partial charge in [0, 0.05) is 23.3 Å². The Labute approximate surface area is 193 Å². The molecule has 0 spiro atoms. The van der Waals surface area contributed by atoms with Gasteiger partial charge in [-0.1, -0.05) is 25.1 Å². The van der Waals surface area contributed by atoms with E-state index in [2.05, 4.69) is 44.7 Å². The van der Waals surface area contributed by atoms with Crippen molar-refractivity contribution in [3.63, 3.8) is 0 Å². The van der Waals surface area contributed by atoms with Crippen molar-refractivity contribution >= 4 is 34.7 Å². The summed E-state index contributed by atoms with van der Waals surface area (Å²) in [5.74, 6) is -0.394. The van der Waals surface area contributed by atoms with Crippen molar-refractivity contribution in [2.45, 2.75) is 59.0 Å². The van der Waals surface area contributed by atoms with Crippen molar-refractivity contribution < 1.29 is 14.0 Å². The molecule has 6 heteroatoms. The van der Waals surface area contributed by atoms with Gasteiger partial charge >= 0.3 is 0 Å². The van der Waals surface area contributed by atoms with E-state index in [9.17, 15) is 14.0 Å². The third-order valence-corrected chi connectivity index (χ3v) is 7.44. The van der Waals surface area contributed by atoms with Crippen LogP contribution in [0, 0.1) is 12.7 Å². The zero-order chi connectivity index (χ0) is 23.2. The Morgan fingerprint density at radius 1 is 1.22 bits per heavy atom. The standard InChI is InChI=1S/C26H29FN2O2S/c1-6-29-22-11-16(2)19(12-20(22)17(3)14-26(29,4)5)13-23-24(30)28(25(31)32-23)15-18-9-7-8-10-21(18)27/h7-13,17H,6,14-15H2,1-5H3/b23-13+. The SMILES string of the molecule is CCN1c2cc(C)c(/C=C3/SC(=O)N(Cc4ccccc4F)C3=O)cc2C(C)CC1(C)C. The largest absolute Gasteiger partial charge is 0.366 e. The minimum Gasteiger partial charge on any atom is -0.366 e. The highest BCUT2D eigenvalue weighted by atomic mass is 32.2. The molecule has 2 heterocycles. The normalized spacial score (nSPS) is 21.4. The summed E-state index contributed by atoms with van der Waals surface area (Å²) < 4.78 is 14.0. The molecule has 0 saturated carbocycles. The maximum absolute atomic E-state index is 14.0. The monoisotopic (exact) mass is 452 g/mol. The number of carbonyl (C=O) groups is 2. The molecule has 0 bridgehead atoms. The number of thioether (sulfide) groups is 1. The second-order valence-corrected chi connectivity index (χ2v) is 10.3. The first-order valence-electron chi connectivity index (χ1n) is 11.0. The molecule has 0 N–H and O–H groups in total. The summed E-state index contributed by atoms with van der Waals surface area (Å²) in [5.41, 5.74) is 4.95. The first-order chi connectivity index (χ1) is 15.1. The molecule has 0 aromatic heterocycles. The summed E-state index contributed by atoms with van der Waals surface area (Å²) in [5, 5.41) is -0.368. The molecule has 2 aromatic carbocycles. The van der Waals surface area contributed by atoms with E-state index in [4.69, 9.17) is 0 Å². The van der Waals surface area contributed by atoms with Crippen LogP contribution in [0.3, 0.4) is 0 Å². The minimum atomic E-state index is -0.418. The van der Waals surface area contributed by atoms with Crippen molar-refractivity contribution in [3.8, 4) is 0 Å². The molecule has 2 aromatic rings. The molecule has 0 radical (unpaired) electrons. The highest BCUT2D eigenvalue weighted by Gasteiger charge is 2.37. The lowest BCUT2D eigenvalue weighted by Crippen LogP contribution is -2.48. The molecule has 2 aliphatic heterocycles. The molecule has 168 valence electrons. The number of nitrogens with zero attached hydrogens (tertiary/aromatic N) is 2. The Bertz CT molecular complexity index is 1120. The number of imide groups is 1. The highest BCUT2D eigenvalue weighted by Crippen LogP contribution is 2.45. The fourth-order valence-electron chi connectivity index (χ4n) is 4.98. The maximum atomic E-state index is 14.0. The first-order valence-corrected chi connectivity index (χ1v) is 11.8. The molecule has 0 aliphatic carbocycles. The van der Waals surface area contributed by atoms with Crippen molar-refractivity contribution in [2.24, 2.45) is 0 Å². The average molecular weight is 453 g/mol. The summed E-state index contributed by atoms with van der Waals surface area (Å²) in [6.45, 7) is 11.9. The molecule has 1 atom stereocenters. The Hall–Kier alpha value is -2.60. The molecule has 32 heavy (non-hydrogen) atoms. The zero-order valence-corrected chi connectivity index (χ0v) is 20.1. The Balaban J connectivity index is 1.66. The lowest BCUT2D eigenvalue weighted by Gasteiger charge is -2.47. The van der Waals surface area contributed by atoms with Crippen LogP contribution in [-0.2, 0) is 11.3 Å². The second-order valence-electron chi connectivity index (χ2n) is 9.29. The van der Waals surface area contributed by atoms with Gasteiger partial charge in [-0.05, 0) is 92.8 Å². The molecule has 1 saturated heterocycles. The third kappa shape index (κ3) is 3.96. The Morgan fingerprint density at radius 2 is 1.94 bits per heavy atom. The van der Waals surface area contributed by atoms with Crippen LogP contribution in [0.5, 0.6) is 0 Å². The van der Waals surface area contributed by atoms with Crippen molar-refractivity contribution in [2.75, 3.05) is 11.4 Å². The topological polar surface area (TPSA) is 40.6 Å². The molecule has 2 amide bonds. The fourth-order valence-corrected chi connectivity index (χ4v) is 5.81. The van der Waals surface area contributed by atoms with E-state index >= 15 is 0 Å². The number of hydrogen-bond acceptors (Lipinski definition) is 4. The van der Waals surface area contributed by atoms with Gasteiger partial charge in [0.2, 0.25) is 0 Å². The van der Waals surface area contributed by atoms with Crippen LogP contribution < -0.4 is 4.90 Å². The molecule has 4 nitrogen and oxygen atoms in total. The number of rotatable bonds is 4. The van der Waals surface area contributed by atoms with Gasteiger partial charge in [0.1, 0.15) is 5.82 Å². The van der Waals surface area contributed by atoms with Gasteiger partial charge in [0.05, 0.1) is 11.4 Å². The van der Waals surface area contributed by atoms with Gasteiger partial charge in [-0.3, -0.25) is 14.5 Å². The van der Waals surface area contributed by atoms with Gasteiger partial charge in [0.25, 0.3) is 11.1 Å². The predicted molar refractivity (Wildman–Crippen MR) is 129 cm³/mol. The fraction of sp³-hybridized carbons (Fsp3) is 0.385. The number of benzene rings is 2. The summed E-state index contributed by atoms with van der Waals surface area (Å²) in [4.78, 5) is 29.4. The van der Waals surface area contributed by atoms with Crippen LogP contribution in [-0.4, -0.2) is 28.1 Å². The minimum absolute atomic E-state index is 0.0601. The lowest BCUT2D eigenvalue weighted by molar-refractivity contribution is -0.123. The van der Waals surface area contributed by atoms with Gasteiger partial charge in [-0.2, -0.15) is 0 Å². The number of carbonyl (C=O) groups excluding carboxylic acids is 2. The molecule has 1 fully saturated rings. The molecule has 4 rings (SSSR count). The maximum Gasteiger partial charge on any atom is 0.293 e. The number of amides is 2. The van der Waals surface area contributed by atoms with Crippen molar-refractivity contribution in [3.05, 3.63) is 69.4 Å². The quantitative estimate of drug-likeness (QED) is 0.498. The van der Waals surface area contributed by atoms with E-state index in [-0.39, 0.29) is 23.2 Å². The van der Waals surface area contributed by atoms with E-state index in [1.54, 1.807) is 18.2 Å². The van der Waals surface area contributed by atoms with Crippen LogP contribution in [0.15, 0.2) is 41.3 Å². The number of aryl methyl sites for hydroxylation is 1. The van der Waals surface area contributed by atoms with Crippen LogP contribution in [0.25, 0.3) is 6.08 Å². The van der Waals surface area contributed by atoms with E-state index in [0.717, 1.165) is 40.8 Å². The van der Waals surface area contributed by atoms with E-state index < -0.39 is 5.82 Å². The third-order valence-electron chi connectivity index (χ3n) is 6.54. The smallest absolute Gasteiger partial charge is 0.293 e. The summed E-state index contributed by atoms with van der Waals surface area (Å²) in [6, 6.07) is 10.6. The molecule has 2 aliphatic rings. The zero-order valence-electron chi connectivity index (χ0n) is 19.2. The highest BCUT2D eigenvalue weighted by molar-refractivity contribution is 8.18. The Morgan fingerprint density at radius 3 is 2.62 bits per heavy atom. The predicted octanol–water partition coefficient (Wildman–Crippen LogP) is 6.48. The van der Waals surface area contributed by atoms with E-state index in [1.807, 2.05) is 13.0 Å². The van der Waals surface area contributed by atoms with Crippen LogP contribution >= 0.6 is 11.8 Å². The summed E-state index contributed by atoms with van der Waals surface area (Å²) in [7, 11) is 0. The van der Waals surface area contributed by atoms with Gasteiger partial charge < -0.3 is 4.90 Å². The van der Waals surface area contributed by atoms with Crippen LogP contribution in [0.4, 0.5) is 14.9 Å². The summed E-state index contributed by atoms with van der Waals surface area (Å²) in [6.07, 6.45) is 2.86. The van der Waals surface area contributed by atoms with Crippen LogP contribution in [0.2, 0.25) is 0 Å². The number of fused-ring (bicyclic) bond motifs is 1. The van der Waals surface area contributed by atoms with Crippen LogP contribution in [0.1, 0.15) is 62.3 Å². The number of hydrogen-bond donors (Lipinski definition) is 0. The van der Waals surface area contributed by atoms with E-state index in [0.29, 0.717) is 16.4 Å². The number of anilines is 1. The Kier molecular flexibility index (Phi) is 5.93. The molecular formula is C26H29FN2O2S. The van der Waals surface area contributed by atoms with Gasteiger partial charge in [0.15, 0.2) is 0 Å². The first kappa shape index (κ1) is 22.6.